The van der Waals surface area contributed by atoms with Gasteiger partial charge in [-0.3, -0.25) is 14.6 Å². The Balaban J connectivity index is 0.000000956. The van der Waals surface area contributed by atoms with E-state index in [0.29, 0.717) is 6.42 Å². The maximum absolute atomic E-state index is 12.6. The molecule has 0 aliphatic rings. The molecule has 0 saturated heterocycles. The number of H-pyrrole nitrogens is 1. The molecule has 39 heavy (non-hydrogen) atoms. The summed E-state index contributed by atoms with van der Waals surface area (Å²) < 4.78 is 4.60. The first-order chi connectivity index (χ1) is 17.7. The average Bonchev–Trinajstić information content (AvgIpc) is 3.18. The molecule has 8 N–H and O–H groups in total. The number of benzene rings is 1. The summed E-state index contributed by atoms with van der Waals surface area (Å²) in [6.07, 6.45) is 1.37. The van der Waals surface area contributed by atoms with E-state index in [1.807, 2.05) is 6.92 Å². The molecular formula is C30H52N6O3. The van der Waals surface area contributed by atoms with Crippen LogP contribution in [0.4, 0.5) is 0 Å². The van der Waals surface area contributed by atoms with Gasteiger partial charge in [0, 0.05) is 28.6 Å². The topological polar surface area (TPSA) is 162 Å². The summed E-state index contributed by atoms with van der Waals surface area (Å²) in [5, 5.41) is 3.72. The zero-order valence-corrected chi connectivity index (χ0v) is 26.0. The molecular weight excluding hydrogens is 492 g/mol. The molecule has 1 amide bonds. The van der Waals surface area contributed by atoms with Gasteiger partial charge in [0.05, 0.1) is 13.2 Å². The number of methoxy groups -OCH3 is 1. The van der Waals surface area contributed by atoms with Gasteiger partial charge in [-0.1, -0.05) is 75.3 Å². The number of nitrogens with zero attached hydrogens (tertiary/aromatic N) is 1. The smallest absolute Gasteiger partial charge is 0.325 e. The van der Waals surface area contributed by atoms with Gasteiger partial charge in [0.25, 0.3) is 0 Å². The highest BCUT2D eigenvalue weighted by Crippen LogP contribution is 2.40. The lowest BCUT2D eigenvalue weighted by Gasteiger charge is -2.27. The minimum Gasteiger partial charge on any atom is -0.468 e. The van der Waals surface area contributed by atoms with Crippen molar-refractivity contribution in [2.75, 3.05) is 20.2 Å². The number of rotatable bonds is 7. The van der Waals surface area contributed by atoms with Crippen LogP contribution < -0.4 is 22.5 Å². The maximum atomic E-state index is 12.6. The van der Waals surface area contributed by atoms with Crippen molar-refractivity contribution in [2.45, 2.75) is 104 Å². The standard InChI is InChI=1S/C26H41N3O3.C4H11N3/c1-24(2,3)15-11-17(25(4,5)6)21-16(22(26(7,8)9)29-19(21)12-15)13-18(27)23(31)28-14-20(30)32-10;1-2-3-7-4(5)6/h11-12,18,29H,13-14,27H2,1-10H3,(H,28,31);2-3H2,1H3,(H4,5,6,7)/t18-;/m0./s1. The highest BCUT2D eigenvalue weighted by atomic mass is 16.5. The fourth-order valence-electron chi connectivity index (χ4n) is 4.19. The Hall–Kier alpha value is -3.07. The van der Waals surface area contributed by atoms with Crippen LogP contribution in [0.3, 0.4) is 0 Å². The lowest BCUT2D eigenvalue weighted by Crippen LogP contribution is -2.44. The second-order valence-corrected chi connectivity index (χ2v) is 13.1. The Labute approximate surface area is 234 Å². The molecule has 1 aromatic heterocycles. The summed E-state index contributed by atoms with van der Waals surface area (Å²) in [7, 11) is 1.29. The van der Waals surface area contributed by atoms with Gasteiger partial charge in [0.15, 0.2) is 5.96 Å². The number of aromatic amines is 1. The molecule has 1 atom stereocenters. The Morgan fingerprint density at radius 3 is 2.00 bits per heavy atom. The average molecular weight is 545 g/mol. The molecule has 1 heterocycles. The number of esters is 1. The number of nitrogens with one attached hydrogen (secondary N) is 2. The molecule has 0 unspecified atom stereocenters. The van der Waals surface area contributed by atoms with Crippen LogP contribution in [0.2, 0.25) is 0 Å². The predicted molar refractivity (Wildman–Crippen MR) is 162 cm³/mol. The van der Waals surface area contributed by atoms with Gasteiger partial charge in [0.1, 0.15) is 6.54 Å². The summed E-state index contributed by atoms with van der Waals surface area (Å²) in [4.78, 5) is 31.4. The Bertz CT molecular complexity index is 1160. The van der Waals surface area contributed by atoms with Crippen LogP contribution >= 0.6 is 0 Å². The van der Waals surface area contributed by atoms with Gasteiger partial charge >= 0.3 is 5.97 Å². The molecule has 0 aliphatic heterocycles. The van der Waals surface area contributed by atoms with Gasteiger partial charge in [-0.2, -0.15) is 0 Å². The molecule has 9 heteroatoms. The Kier molecular flexibility index (Phi) is 11.6. The zero-order valence-electron chi connectivity index (χ0n) is 26.0. The maximum Gasteiger partial charge on any atom is 0.325 e. The number of aromatic nitrogens is 1. The van der Waals surface area contributed by atoms with E-state index in [2.05, 4.69) is 94.5 Å². The third-order valence-electron chi connectivity index (χ3n) is 6.34. The predicted octanol–water partition coefficient (Wildman–Crippen LogP) is 3.89. The van der Waals surface area contributed by atoms with Crippen molar-refractivity contribution < 1.29 is 14.3 Å². The quantitative estimate of drug-likeness (QED) is 0.202. The molecule has 0 spiro atoms. The third-order valence-corrected chi connectivity index (χ3v) is 6.34. The number of carbonyl (C=O) groups excluding carboxylic acids is 2. The van der Waals surface area contributed by atoms with E-state index < -0.39 is 12.0 Å². The van der Waals surface area contributed by atoms with Crippen LogP contribution in [0, 0.1) is 0 Å². The van der Waals surface area contributed by atoms with Crippen LogP contribution in [-0.2, 0) is 37.0 Å². The number of hydrogen-bond donors (Lipinski definition) is 5. The Morgan fingerprint density at radius 2 is 1.59 bits per heavy atom. The van der Waals surface area contributed by atoms with E-state index in [-0.39, 0.29) is 34.7 Å². The van der Waals surface area contributed by atoms with Crippen molar-refractivity contribution >= 4 is 28.7 Å². The molecule has 220 valence electrons. The minimum atomic E-state index is -0.783. The molecule has 9 nitrogen and oxygen atoms in total. The van der Waals surface area contributed by atoms with E-state index in [1.54, 1.807) is 0 Å². The molecule has 0 saturated carbocycles. The number of nitrogens with two attached hydrogens (primary N) is 3. The molecule has 0 aliphatic carbocycles. The van der Waals surface area contributed by atoms with Gasteiger partial charge in [-0.25, -0.2) is 0 Å². The number of fused-ring (bicyclic) bond motifs is 1. The first kappa shape index (κ1) is 34.0. The minimum absolute atomic E-state index is 0.00549. The highest BCUT2D eigenvalue weighted by Gasteiger charge is 2.30. The number of hydrogen-bond acceptors (Lipinski definition) is 5. The van der Waals surface area contributed by atoms with Crippen molar-refractivity contribution in [2.24, 2.45) is 22.2 Å². The molecule has 1 aromatic carbocycles. The fraction of sp³-hybridized carbons (Fsp3) is 0.633. The largest absolute Gasteiger partial charge is 0.468 e. The van der Waals surface area contributed by atoms with Gasteiger partial charge in [0.2, 0.25) is 5.91 Å². The first-order valence-corrected chi connectivity index (χ1v) is 13.6. The van der Waals surface area contributed by atoms with Gasteiger partial charge < -0.3 is 32.2 Å². The van der Waals surface area contributed by atoms with Crippen LogP contribution in [0.1, 0.15) is 98.0 Å². The molecule has 0 radical (unpaired) electrons. The number of aliphatic imine (C=N–C) groups is 1. The SMILES string of the molecule is CCCN=C(N)N.COC(=O)CNC(=O)[C@@H](N)Cc1c(C(C)(C)C)[nH]c2cc(C(C)(C)C)cc(C(C)(C)C)c12. The summed E-state index contributed by atoms with van der Waals surface area (Å²) >= 11 is 0. The monoisotopic (exact) mass is 544 g/mol. The van der Waals surface area contributed by atoms with Crippen LogP contribution in [0.5, 0.6) is 0 Å². The Morgan fingerprint density at radius 1 is 1.00 bits per heavy atom. The summed E-state index contributed by atoms with van der Waals surface area (Å²) in [6, 6.07) is 3.75. The van der Waals surface area contributed by atoms with Crippen molar-refractivity contribution in [1.29, 1.82) is 0 Å². The summed E-state index contributed by atoms with van der Waals surface area (Å²) in [5.74, 6) is -0.687. The van der Waals surface area contributed by atoms with Crippen molar-refractivity contribution in [1.82, 2.24) is 10.3 Å². The molecule has 0 bridgehead atoms. The summed E-state index contributed by atoms with van der Waals surface area (Å²) in [5.41, 5.74) is 21.8. The fourth-order valence-corrected chi connectivity index (χ4v) is 4.19. The summed E-state index contributed by atoms with van der Waals surface area (Å²) in [6.45, 7) is 22.3. The van der Waals surface area contributed by atoms with Crippen LogP contribution in [0.25, 0.3) is 10.9 Å². The van der Waals surface area contributed by atoms with Crippen LogP contribution in [-0.4, -0.2) is 49.1 Å². The highest BCUT2D eigenvalue weighted by molar-refractivity contribution is 5.92. The van der Waals surface area contributed by atoms with Crippen LogP contribution in [0.15, 0.2) is 17.1 Å². The number of amides is 1. The number of guanidine groups is 1. The second-order valence-electron chi connectivity index (χ2n) is 13.1. The van der Waals surface area contributed by atoms with Crippen molar-refractivity contribution in [3.05, 3.63) is 34.5 Å². The third kappa shape index (κ3) is 9.88. The van der Waals surface area contributed by atoms with E-state index in [9.17, 15) is 9.59 Å². The second kappa shape index (κ2) is 13.3. The normalized spacial score (nSPS) is 12.8. The number of carbonyl (C=O) groups is 2. The van der Waals surface area contributed by atoms with Gasteiger partial charge in [-0.05, 0) is 46.4 Å². The first-order valence-electron chi connectivity index (χ1n) is 13.6. The molecule has 2 rings (SSSR count). The zero-order chi connectivity index (χ0) is 30.3. The lowest BCUT2D eigenvalue weighted by molar-refractivity contribution is -0.141. The van der Waals surface area contributed by atoms with E-state index >= 15 is 0 Å². The van der Waals surface area contributed by atoms with E-state index in [0.717, 1.165) is 35.1 Å². The van der Waals surface area contributed by atoms with E-state index in [4.69, 9.17) is 17.2 Å². The van der Waals surface area contributed by atoms with Gasteiger partial charge in [-0.15, -0.1) is 0 Å². The molecule has 0 fully saturated rings. The van der Waals surface area contributed by atoms with E-state index in [1.165, 1.54) is 18.2 Å². The lowest BCUT2D eigenvalue weighted by atomic mass is 9.77. The molecule has 2 aromatic rings. The van der Waals surface area contributed by atoms with Crippen molar-refractivity contribution in [3.8, 4) is 0 Å². The van der Waals surface area contributed by atoms with Crippen molar-refractivity contribution in [3.63, 3.8) is 0 Å². The number of ether oxygens (including phenoxy) is 1.